The van der Waals surface area contributed by atoms with E-state index in [4.69, 9.17) is 28.4 Å². The second-order valence-corrected chi connectivity index (χ2v) is 20.8. The number of ether oxygens (including phenoxy) is 6. The summed E-state index contributed by atoms with van der Waals surface area (Å²) in [5.74, 6) is -0.279. The van der Waals surface area contributed by atoms with Crippen LogP contribution in [-0.4, -0.2) is 193 Å². The zero-order valence-corrected chi connectivity index (χ0v) is 44.4. The van der Waals surface area contributed by atoms with Gasteiger partial charge in [-0.05, 0) is 19.3 Å². The van der Waals surface area contributed by atoms with Gasteiger partial charge in [-0.25, -0.2) is 0 Å². The van der Waals surface area contributed by atoms with Crippen molar-refractivity contribution in [1.29, 1.82) is 0 Å². The van der Waals surface area contributed by atoms with Crippen molar-refractivity contribution in [3.05, 3.63) is 12.2 Å². The van der Waals surface area contributed by atoms with Crippen molar-refractivity contribution in [3.63, 3.8) is 0 Å². The van der Waals surface area contributed by atoms with E-state index in [2.05, 4.69) is 19.2 Å². The molecule has 73 heavy (non-hydrogen) atoms. The van der Waals surface area contributed by atoms with Gasteiger partial charge < -0.3 is 89.9 Å². The molecule has 0 aromatic rings. The molecule has 1 amide bonds. The molecular formula is C54H101NO18. The van der Waals surface area contributed by atoms with Crippen molar-refractivity contribution in [2.45, 2.75) is 298 Å². The molecule has 430 valence electrons. The summed E-state index contributed by atoms with van der Waals surface area (Å²) in [6.45, 7) is 1.68. The quantitative estimate of drug-likeness (QED) is 0.0306. The lowest BCUT2D eigenvalue weighted by molar-refractivity contribution is -0.380. The van der Waals surface area contributed by atoms with E-state index in [1.807, 2.05) is 6.08 Å². The smallest absolute Gasteiger partial charge is 0.220 e. The second kappa shape index (κ2) is 39.0. The zero-order valence-electron chi connectivity index (χ0n) is 44.4. The molecule has 3 aliphatic rings. The van der Waals surface area contributed by atoms with Gasteiger partial charge >= 0.3 is 0 Å². The Bertz CT molecular complexity index is 1400. The van der Waals surface area contributed by atoms with Crippen LogP contribution in [0.15, 0.2) is 12.2 Å². The molecule has 12 N–H and O–H groups in total. The van der Waals surface area contributed by atoms with Gasteiger partial charge in [-0.1, -0.05) is 180 Å². The first kappa shape index (κ1) is 65.8. The number of carbonyl (C=O) groups excluding carboxylic acids is 1. The van der Waals surface area contributed by atoms with Crippen LogP contribution >= 0.6 is 0 Å². The molecule has 19 nitrogen and oxygen atoms in total. The number of allylic oxidation sites excluding steroid dienone is 1. The van der Waals surface area contributed by atoms with Crippen molar-refractivity contribution in [3.8, 4) is 0 Å². The van der Waals surface area contributed by atoms with Crippen LogP contribution in [0.5, 0.6) is 0 Å². The third kappa shape index (κ3) is 24.0. The first-order valence-electron chi connectivity index (χ1n) is 28.4. The van der Waals surface area contributed by atoms with Crippen LogP contribution < -0.4 is 5.32 Å². The summed E-state index contributed by atoms with van der Waals surface area (Å²) in [5.41, 5.74) is 0. The van der Waals surface area contributed by atoms with Gasteiger partial charge in [0, 0.05) is 6.42 Å². The highest BCUT2D eigenvalue weighted by Crippen LogP contribution is 2.33. The van der Waals surface area contributed by atoms with E-state index in [1.165, 1.54) is 122 Å². The molecule has 3 heterocycles. The Kier molecular flexibility index (Phi) is 35.1. The SMILES string of the molecule is CCCCCCCCCCCCC/C=C/[C@@H](O)[C@H](CO[C@@H]1OC(CO)[C@@H](O[C@@H]2OC(CO)[C@H](O)[C@H](O[C@H]3OC(CO)[C@H](O)[C@H](O)C3O)C2O)[C@H](O)C1O)NC(=O)CCCCCCCCCCCCCCCCC. The molecule has 0 aromatic carbocycles. The predicted octanol–water partition coefficient (Wildman–Crippen LogP) is 3.82. The van der Waals surface area contributed by atoms with E-state index in [0.717, 1.165) is 44.9 Å². The van der Waals surface area contributed by atoms with Crippen LogP contribution in [0.4, 0.5) is 0 Å². The summed E-state index contributed by atoms with van der Waals surface area (Å²) in [4.78, 5) is 13.3. The van der Waals surface area contributed by atoms with Gasteiger partial charge in [0.1, 0.15) is 73.2 Å². The van der Waals surface area contributed by atoms with Crippen LogP contribution in [0, 0.1) is 0 Å². The van der Waals surface area contributed by atoms with Gasteiger partial charge in [0.15, 0.2) is 18.9 Å². The highest BCUT2D eigenvalue weighted by Gasteiger charge is 2.54. The normalized spacial score (nSPS) is 31.8. The third-order valence-electron chi connectivity index (χ3n) is 14.6. The van der Waals surface area contributed by atoms with E-state index < -0.39 is 124 Å². The number of rotatable bonds is 41. The van der Waals surface area contributed by atoms with Gasteiger partial charge in [-0.15, -0.1) is 0 Å². The fourth-order valence-electron chi connectivity index (χ4n) is 9.83. The number of aliphatic hydroxyl groups excluding tert-OH is 11. The van der Waals surface area contributed by atoms with Crippen molar-refractivity contribution in [2.75, 3.05) is 26.4 Å². The second-order valence-electron chi connectivity index (χ2n) is 20.8. The van der Waals surface area contributed by atoms with Crippen LogP contribution in [0.2, 0.25) is 0 Å². The third-order valence-corrected chi connectivity index (χ3v) is 14.6. The topological polar surface area (TPSA) is 307 Å². The summed E-state index contributed by atoms with van der Waals surface area (Å²) >= 11 is 0. The summed E-state index contributed by atoms with van der Waals surface area (Å²) < 4.78 is 34.2. The monoisotopic (exact) mass is 1050 g/mol. The number of hydrogen-bond acceptors (Lipinski definition) is 18. The Morgan fingerprint density at radius 3 is 1.38 bits per heavy atom. The maximum absolute atomic E-state index is 13.3. The number of unbranched alkanes of at least 4 members (excludes halogenated alkanes) is 25. The molecule has 0 radical (unpaired) electrons. The van der Waals surface area contributed by atoms with Crippen LogP contribution in [0.25, 0.3) is 0 Å². The average molecular weight is 1050 g/mol. The molecule has 3 fully saturated rings. The molecule has 6 unspecified atom stereocenters. The molecule has 19 heteroatoms. The summed E-state index contributed by atoms with van der Waals surface area (Å²) in [6, 6.07) is -0.972. The Hall–Kier alpha value is -1.47. The van der Waals surface area contributed by atoms with E-state index in [0.29, 0.717) is 6.42 Å². The van der Waals surface area contributed by atoms with Gasteiger partial charge in [0.05, 0.1) is 38.6 Å². The first-order chi connectivity index (χ1) is 35.3. The number of carbonyl (C=O) groups is 1. The van der Waals surface area contributed by atoms with E-state index in [-0.39, 0.29) is 18.9 Å². The summed E-state index contributed by atoms with van der Waals surface area (Å²) in [7, 11) is 0. The number of aliphatic hydroxyl groups is 11. The minimum Gasteiger partial charge on any atom is -0.394 e. The molecule has 0 aromatic heterocycles. The molecule has 0 bridgehead atoms. The lowest BCUT2D eigenvalue weighted by Gasteiger charge is -2.48. The van der Waals surface area contributed by atoms with Crippen LogP contribution in [0.3, 0.4) is 0 Å². The first-order valence-corrected chi connectivity index (χ1v) is 28.4. The van der Waals surface area contributed by atoms with Crippen molar-refractivity contribution >= 4 is 5.91 Å². The Morgan fingerprint density at radius 1 is 0.479 bits per heavy atom. The Labute approximate surface area is 436 Å². The molecule has 3 aliphatic heterocycles. The van der Waals surface area contributed by atoms with E-state index in [1.54, 1.807) is 6.08 Å². The van der Waals surface area contributed by atoms with E-state index in [9.17, 15) is 61.0 Å². The maximum atomic E-state index is 13.3. The molecule has 3 saturated heterocycles. The van der Waals surface area contributed by atoms with Crippen LogP contribution in [0.1, 0.15) is 194 Å². The molecule has 0 aliphatic carbocycles. The maximum Gasteiger partial charge on any atom is 0.220 e. The Balaban J connectivity index is 1.56. The highest BCUT2D eigenvalue weighted by molar-refractivity contribution is 5.76. The molecule has 0 saturated carbocycles. The van der Waals surface area contributed by atoms with Gasteiger partial charge in [0.2, 0.25) is 5.91 Å². The highest BCUT2D eigenvalue weighted by atomic mass is 16.8. The van der Waals surface area contributed by atoms with Crippen molar-refractivity contribution in [2.24, 2.45) is 0 Å². The van der Waals surface area contributed by atoms with Gasteiger partial charge in [-0.2, -0.15) is 0 Å². The minimum atomic E-state index is -1.97. The lowest BCUT2D eigenvalue weighted by atomic mass is 9.96. The number of hydrogen-bond donors (Lipinski definition) is 12. The molecular weight excluding hydrogens is 951 g/mol. The van der Waals surface area contributed by atoms with Crippen molar-refractivity contribution < 1.29 is 89.4 Å². The summed E-state index contributed by atoms with van der Waals surface area (Å²) in [6.07, 6.45) is 8.78. The summed E-state index contributed by atoms with van der Waals surface area (Å²) in [5, 5.41) is 120. The fraction of sp³-hybridized carbons (Fsp3) is 0.944. The molecule has 0 spiro atoms. The van der Waals surface area contributed by atoms with Gasteiger partial charge in [-0.3, -0.25) is 4.79 Å². The molecule has 17 atom stereocenters. The lowest BCUT2D eigenvalue weighted by Crippen LogP contribution is -2.67. The minimum absolute atomic E-state index is 0.245. The number of amides is 1. The standard InChI is InChI=1S/C54H101NO18/c1-3-5-7-9-11-13-15-17-18-20-22-24-26-28-30-32-42(60)55-37(38(59)31-29-27-25-23-21-19-16-14-12-10-8-6-4-2)36-68-52-48(66)46(64)50(41(35-58)71-52)72-54-49(67)51(44(62)40(34-57)70-54)73-53-47(65)45(63)43(61)39(33-56)69-53/h29,31,37-41,43-54,56-59,61-67H,3-28,30,32-36H2,1-2H3,(H,55,60)/b31-29+/t37-,38+,39?,40?,41?,43-,44-,45-,46+,47?,48?,49?,50+,51-,52+,53+,54-/m0/s1. The van der Waals surface area contributed by atoms with Gasteiger partial charge in [0.25, 0.3) is 0 Å². The fourth-order valence-corrected chi connectivity index (χ4v) is 9.83. The largest absolute Gasteiger partial charge is 0.394 e. The zero-order chi connectivity index (χ0) is 53.4. The number of nitrogens with one attached hydrogen (secondary N) is 1. The molecule has 3 rings (SSSR count). The van der Waals surface area contributed by atoms with E-state index >= 15 is 0 Å². The Morgan fingerprint density at radius 2 is 0.890 bits per heavy atom. The van der Waals surface area contributed by atoms with Crippen molar-refractivity contribution in [1.82, 2.24) is 5.32 Å². The average Bonchev–Trinajstić information content (AvgIpc) is 3.38. The van der Waals surface area contributed by atoms with Crippen LogP contribution in [-0.2, 0) is 33.2 Å². The predicted molar refractivity (Wildman–Crippen MR) is 273 cm³/mol.